The van der Waals surface area contributed by atoms with Crippen LogP contribution in [0.3, 0.4) is 0 Å². The van der Waals surface area contributed by atoms with Crippen LogP contribution >= 0.6 is 0 Å². The maximum absolute atomic E-state index is 6.14. The van der Waals surface area contributed by atoms with Gasteiger partial charge in [-0.15, -0.1) is 0 Å². The Balaban J connectivity index is 1.57. The highest BCUT2D eigenvalue weighted by Crippen LogP contribution is 2.36. The molecule has 1 aliphatic heterocycles. The highest BCUT2D eigenvalue weighted by Gasteiger charge is 2.34. The van der Waals surface area contributed by atoms with Crippen LogP contribution in [0.15, 0.2) is 0 Å². The quantitative estimate of drug-likeness (QED) is 0.815. The van der Waals surface area contributed by atoms with E-state index in [-0.39, 0.29) is 0 Å². The molecule has 2 N–H and O–H groups in total. The van der Waals surface area contributed by atoms with E-state index in [9.17, 15) is 0 Å². The van der Waals surface area contributed by atoms with Crippen molar-refractivity contribution in [2.75, 3.05) is 13.1 Å². The Morgan fingerprint density at radius 1 is 0.889 bits per heavy atom. The first kappa shape index (κ1) is 12.9. The van der Waals surface area contributed by atoms with E-state index in [0.29, 0.717) is 6.04 Å². The first-order valence-electron chi connectivity index (χ1n) is 8.32. The molecule has 0 radical (unpaired) electrons. The third-order valence-corrected chi connectivity index (χ3v) is 5.67. The molecule has 2 nitrogen and oxygen atoms in total. The Morgan fingerprint density at radius 3 is 2.61 bits per heavy atom. The van der Waals surface area contributed by atoms with E-state index in [1.807, 2.05) is 0 Å². The zero-order valence-corrected chi connectivity index (χ0v) is 11.8. The van der Waals surface area contributed by atoms with Gasteiger partial charge in [-0.2, -0.15) is 0 Å². The van der Waals surface area contributed by atoms with Gasteiger partial charge < -0.3 is 5.73 Å². The summed E-state index contributed by atoms with van der Waals surface area (Å²) in [4.78, 5) is 2.86. The van der Waals surface area contributed by atoms with Crippen molar-refractivity contribution < 1.29 is 0 Å². The minimum absolute atomic E-state index is 0.496. The van der Waals surface area contributed by atoms with Gasteiger partial charge in [0.1, 0.15) is 0 Å². The fourth-order valence-electron chi connectivity index (χ4n) is 4.78. The molecule has 0 aromatic heterocycles. The number of rotatable bonds is 2. The molecule has 0 bridgehead atoms. The predicted molar refractivity (Wildman–Crippen MR) is 76.5 cm³/mol. The van der Waals surface area contributed by atoms with Gasteiger partial charge in [0.05, 0.1) is 0 Å². The van der Waals surface area contributed by atoms with Gasteiger partial charge in [-0.25, -0.2) is 0 Å². The van der Waals surface area contributed by atoms with Crippen LogP contribution in [0.2, 0.25) is 0 Å². The lowest BCUT2D eigenvalue weighted by atomic mass is 9.77. The second-order valence-electron chi connectivity index (χ2n) is 7.04. The number of nitrogens with two attached hydrogens (primary N) is 1. The van der Waals surface area contributed by atoms with Gasteiger partial charge in [0.15, 0.2) is 0 Å². The van der Waals surface area contributed by atoms with E-state index in [1.165, 1.54) is 77.3 Å². The second-order valence-corrected chi connectivity index (χ2v) is 7.04. The van der Waals surface area contributed by atoms with Crippen LogP contribution in [-0.4, -0.2) is 30.1 Å². The molecular formula is C16H30N2. The van der Waals surface area contributed by atoms with E-state index >= 15 is 0 Å². The maximum atomic E-state index is 6.14. The molecule has 1 heterocycles. The molecule has 3 fully saturated rings. The highest BCUT2D eigenvalue weighted by atomic mass is 15.2. The summed E-state index contributed by atoms with van der Waals surface area (Å²) < 4.78 is 0. The van der Waals surface area contributed by atoms with E-state index in [1.54, 1.807) is 0 Å². The van der Waals surface area contributed by atoms with Gasteiger partial charge in [0.25, 0.3) is 0 Å². The van der Waals surface area contributed by atoms with Crippen LogP contribution in [0.5, 0.6) is 0 Å². The summed E-state index contributed by atoms with van der Waals surface area (Å²) in [6, 6.07) is 1.43. The lowest BCUT2D eigenvalue weighted by Crippen LogP contribution is -2.49. The Morgan fingerprint density at radius 2 is 1.72 bits per heavy atom. The van der Waals surface area contributed by atoms with Gasteiger partial charge in [-0.1, -0.05) is 19.3 Å². The van der Waals surface area contributed by atoms with Crippen molar-refractivity contribution in [1.29, 1.82) is 0 Å². The Hall–Kier alpha value is -0.0800. The van der Waals surface area contributed by atoms with Crippen molar-refractivity contribution in [2.45, 2.75) is 76.3 Å². The highest BCUT2D eigenvalue weighted by molar-refractivity contribution is 4.89. The van der Waals surface area contributed by atoms with E-state index < -0.39 is 0 Å². The molecule has 2 heteroatoms. The van der Waals surface area contributed by atoms with Gasteiger partial charge in [-0.3, -0.25) is 4.90 Å². The van der Waals surface area contributed by atoms with E-state index in [0.717, 1.165) is 17.9 Å². The zero-order chi connectivity index (χ0) is 12.4. The molecule has 1 saturated heterocycles. The van der Waals surface area contributed by atoms with Crippen molar-refractivity contribution in [3.8, 4) is 0 Å². The van der Waals surface area contributed by atoms with Crippen molar-refractivity contribution in [3.63, 3.8) is 0 Å². The average Bonchev–Trinajstić information content (AvgIpc) is 2.39. The molecule has 0 aromatic carbocycles. The standard InChI is InChI=1S/C16H30N2/c17-15-8-3-5-13(11-15)12-18-10-4-7-14-6-1-2-9-16(14)18/h13-16H,1-12,17H2/t13?,14-,15?,16-/m1/s1. The topological polar surface area (TPSA) is 29.3 Å². The second kappa shape index (κ2) is 5.92. The average molecular weight is 250 g/mol. The molecular weight excluding hydrogens is 220 g/mol. The number of nitrogens with zero attached hydrogens (tertiary/aromatic N) is 1. The first-order chi connectivity index (χ1) is 8.83. The van der Waals surface area contributed by atoms with Crippen LogP contribution in [0, 0.1) is 11.8 Å². The summed E-state index contributed by atoms with van der Waals surface area (Å²) in [5, 5.41) is 0. The van der Waals surface area contributed by atoms with E-state index in [2.05, 4.69) is 4.90 Å². The summed E-state index contributed by atoms with van der Waals surface area (Å²) in [7, 11) is 0. The molecule has 0 spiro atoms. The first-order valence-corrected chi connectivity index (χ1v) is 8.32. The molecule has 3 aliphatic rings. The monoisotopic (exact) mass is 250 g/mol. The van der Waals surface area contributed by atoms with Gasteiger partial charge in [0, 0.05) is 18.6 Å². The Kier molecular flexibility index (Phi) is 4.25. The largest absolute Gasteiger partial charge is 0.328 e. The molecule has 18 heavy (non-hydrogen) atoms. The normalized spacial score (nSPS) is 42.5. The van der Waals surface area contributed by atoms with Crippen molar-refractivity contribution in [2.24, 2.45) is 17.6 Å². The summed E-state index contributed by atoms with van der Waals surface area (Å²) in [5.41, 5.74) is 6.14. The van der Waals surface area contributed by atoms with E-state index in [4.69, 9.17) is 5.73 Å². The fourth-order valence-corrected chi connectivity index (χ4v) is 4.78. The molecule has 104 valence electrons. The molecule has 3 rings (SSSR count). The third kappa shape index (κ3) is 2.91. The molecule has 0 aromatic rings. The van der Waals surface area contributed by atoms with Crippen LogP contribution in [0.4, 0.5) is 0 Å². The van der Waals surface area contributed by atoms with Crippen LogP contribution in [0.1, 0.15) is 64.2 Å². The van der Waals surface area contributed by atoms with Crippen LogP contribution in [-0.2, 0) is 0 Å². The lowest BCUT2D eigenvalue weighted by molar-refractivity contribution is 0.0417. The number of hydrogen-bond donors (Lipinski definition) is 1. The molecule has 2 saturated carbocycles. The number of hydrogen-bond acceptors (Lipinski definition) is 2. The van der Waals surface area contributed by atoms with Crippen LogP contribution in [0.25, 0.3) is 0 Å². The molecule has 2 unspecified atom stereocenters. The minimum Gasteiger partial charge on any atom is -0.328 e. The summed E-state index contributed by atoms with van der Waals surface area (Å²) >= 11 is 0. The summed E-state index contributed by atoms with van der Waals surface area (Å²) in [6.07, 6.45) is 14.2. The maximum Gasteiger partial charge on any atom is 0.0124 e. The molecule has 2 aliphatic carbocycles. The number of fused-ring (bicyclic) bond motifs is 1. The van der Waals surface area contributed by atoms with Gasteiger partial charge in [-0.05, 0) is 63.3 Å². The minimum atomic E-state index is 0.496. The summed E-state index contributed by atoms with van der Waals surface area (Å²) in [6.45, 7) is 2.72. The lowest BCUT2D eigenvalue weighted by Gasteiger charge is -2.46. The zero-order valence-electron chi connectivity index (χ0n) is 11.8. The Bertz CT molecular complexity index is 264. The van der Waals surface area contributed by atoms with Gasteiger partial charge >= 0.3 is 0 Å². The third-order valence-electron chi connectivity index (χ3n) is 5.67. The predicted octanol–water partition coefficient (Wildman–Crippen LogP) is 3.16. The number of likely N-dealkylation sites (tertiary alicyclic amines) is 1. The Labute approximate surface area is 112 Å². The molecule has 0 amide bonds. The van der Waals surface area contributed by atoms with Crippen molar-refractivity contribution >= 4 is 0 Å². The van der Waals surface area contributed by atoms with Crippen LogP contribution < -0.4 is 5.73 Å². The van der Waals surface area contributed by atoms with Gasteiger partial charge in [0.2, 0.25) is 0 Å². The smallest absolute Gasteiger partial charge is 0.0124 e. The van der Waals surface area contributed by atoms with Crippen molar-refractivity contribution in [1.82, 2.24) is 4.90 Å². The van der Waals surface area contributed by atoms with Crippen molar-refractivity contribution in [3.05, 3.63) is 0 Å². The SMILES string of the molecule is NC1CCCC(CN2CCC[C@H]3CCCC[C@H]32)C1. The number of piperidine rings is 1. The fraction of sp³-hybridized carbons (Fsp3) is 1.00. The summed E-state index contributed by atoms with van der Waals surface area (Å²) in [5.74, 6) is 1.93. The molecule has 4 atom stereocenters.